The minimum Gasteiger partial charge on any atom is -0.396 e. The zero-order valence-electron chi connectivity index (χ0n) is 9.70. The molecule has 0 radical (unpaired) electrons. The zero-order chi connectivity index (χ0) is 12.3. The van der Waals surface area contributed by atoms with Crippen LogP contribution in [0, 0.1) is 6.92 Å². The average Bonchev–Trinajstić information content (AvgIpc) is 2.63. The second-order valence-corrected chi connectivity index (χ2v) is 4.85. The van der Waals surface area contributed by atoms with Crippen molar-refractivity contribution < 1.29 is 5.11 Å². The molecule has 2 aromatic rings. The molecule has 17 heavy (non-hydrogen) atoms. The van der Waals surface area contributed by atoms with Gasteiger partial charge in [0.15, 0.2) is 0 Å². The molecule has 0 amide bonds. The van der Waals surface area contributed by atoms with Crippen molar-refractivity contribution in [1.82, 2.24) is 9.97 Å². The SMILES string of the molecule is Cc1[nH]c(CCO)nc1Cc1ccccc1Br. The van der Waals surface area contributed by atoms with Crippen molar-refractivity contribution >= 4 is 15.9 Å². The number of hydrogen-bond acceptors (Lipinski definition) is 2. The highest BCUT2D eigenvalue weighted by Gasteiger charge is 2.08. The lowest BCUT2D eigenvalue weighted by Gasteiger charge is -2.02. The van der Waals surface area contributed by atoms with E-state index in [0.29, 0.717) is 6.42 Å². The summed E-state index contributed by atoms with van der Waals surface area (Å²) >= 11 is 3.54. The van der Waals surface area contributed by atoms with E-state index in [0.717, 1.165) is 28.1 Å². The van der Waals surface area contributed by atoms with Gasteiger partial charge in [-0.05, 0) is 18.6 Å². The number of aliphatic hydroxyl groups is 1. The molecule has 4 heteroatoms. The fourth-order valence-electron chi connectivity index (χ4n) is 1.78. The number of rotatable bonds is 4. The maximum atomic E-state index is 8.89. The minimum atomic E-state index is 0.126. The number of halogens is 1. The summed E-state index contributed by atoms with van der Waals surface area (Å²) in [6.07, 6.45) is 1.38. The molecule has 2 rings (SSSR count). The van der Waals surface area contributed by atoms with Crippen molar-refractivity contribution in [2.45, 2.75) is 19.8 Å². The Morgan fingerprint density at radius 1 is 1.35 bits per heavy atom. The lowest BCUT2D eigenvalue weighted by molar-refractivity contribution is 0.297. The Morgan fingerprint density at radius 3 is 2.82 bits per heavy atom. The van der Waals surface area contributed by atoms with Gasteiger partial charge in [-0.15, -0.1) is 0 Å². The van der Waals surface area contributed by atoms with Gasteiger partial charge in [0.25, 0.3) is 0 Å². The van der Waals surface area contributed by atoms with Crippen LogP contribution in [0.2, 0.25) is 0 Å². The van der Waals surface area contributed by atoms with E-state index in [1.165, 1.54) is 5.56 Å². The summed E-state index contributed by atoms with van der Waals surface area (Å²) < 4.78 is 1.10. The summed E-state index contributed by atoms with van der Waals surface area (Å²) in [6, 6.07) is 8.15. The second kappa shape index (κ2) is 5.47. The van der Waals surface area contributed by atoms with Gasteiger partial charge < -0.3 is 10.1 Å². The number of aromatic nitrogens is 2. The Labute approximate surface area is 109 Å². The topological polar surface area (TPSA) is 48.9 Å². The second-order valence-electron chi connectivity index (χ2n) is 4.00. The predicted molar refractivity (Wildman–Crippen MR) is 71.1 cm³/mol. The third kappa shape index (κ3) is 2.96. The molecule has 1 heterocycles. The first-order valence-electron chi connectivity index (χ1n) is 5.59. The van der Waals surface area contributed by atoms with Gasteiger partial charge in [-0.1, -0.05) is 34.1 Å². The molecule has 0 unspecified atom stereocenters. The molecule has 0 aliphatic heterocycles. The van der Waals surface area contributed by atoms with E-state index in [9.17, 15) is 0 Å². The largest absolute Gasteiger partial charge is 0.396 e. The number of H-pyrrole nitrogens is 1. The fraction of sp³-hybridized carbons (Fsp3) is 0.308. The molecule has 1 aromatic carbocycles. The Morgan fingerprint density at radius 2 is 2.12 bits per heavy atom. The summed E-state index contributed by atoms with van der Waals surface area (Å²) in [4.78, 5) is 7.70. The van der Waals surface area contributed by atoms with E-state index in [-0.39, 0.29) is 6.61 Å². The molecular formula is C13H15BrN2O. The van der Waals surface area contributed by atoms with Gasteiger partial charge >= 0.3 is 0 Å². The average molecular weight is 295 g/mol. The lowest BCUT2D eigenvalue weighted by atomic mass is 10.1. The predicted octanol–water partition coefficient (Wildman–Crippen LogP) is 2.61. The highest BCUT2D eigenvalue weighted by molar-refractivity contribution is 9.10. The first-order valence-corrected chi connectivity index (χ1v) is 6.38. The Balaban J connectivity index is 2.21. The molecule has 0 aliphatic rings. The van der Waals surface area contributed by atoms with E-state index in [2.05, 4.69) is 32.0 Å². The van der Waals surface area contributed by atoms with Gasteiger partial charge in [0.05, 0.1) is 12.3 Å². The van der Waals surface area contributed by atoms with Crippen LogP contribution in [0.4, 0.5) is 0 Å². The first kappa shape index (κ1) is 12.3. The summed E-state index contributed by atoms with van der Waals surface area (Å²) in [5.74, 6) is 0.854. The molecule has 0 aliphatic carbocycles. The lowest BCUT2D eigenvalue weighted by Crippen LogP contribution is -1.94. The van der Waals surface area contributed by atoms with Gasteiger partial charge in [-0.25, -0.2) is 4.98 Å². The van der Waals surface area contributed by atoms with E-state index in [1.54, 1.807) is 0 Å². The summed E-state index contributed by atoms with van der Waals surface area (Å²) in [7, 11) is 0. The van der Waals surface area contributed by atoms with Crippen molar-refractivity contribution in [1.29, 1.82) is 0 Å². The molecular weight excluding hydrogens is 280 g/mol. The molecule has 3 nitrogen and oxygen atoms in total. The number of aromatic amines is 1. The number of aryl methyl sites for hydroxylation is 1. The van der Waals surface area contributed by atoms with Crippen LogP contribution in [0.5, 0.6) is 0 Å². The van der Waals surface area contributed by atoms with E-state index in [1.807, 2.05) is 25.1 Å². The molecule has 0 bridgehead atoms. The van der Waals surface area contributed by atoms with Gasteiger partial charge in [0.1, 0.15) is 5.82 Å². The van der Waals surface area contributed by atoms with Crippen LogP contribution in [0.3, 0.4) is 0 Å². The van der Waals surface area contributed by atoms with Crippen LogP contribution < -0.4 is 0 Å². The number of nitrogens with one attached hydrogen (secondary N) is 1. The van der Waals surface area contributed by atoms with Crippen LogP contribution in [0.25, 0.3) is 0 Å². The standard InChI is InChI=1S/C13H15BrN2O/c1-9-12(16-13(15-9)6-7-17)8-10-4-2-3-5-11(10)14/h2-5,17H,6-8H2,1H3,(H,15,16). The van der Waals surface area contributed by atoms with Crippen molar-refractivity contribution in [3.05, 3.63) is 51.5 Å². The molecule has 0 atom stereocenters. The van der Waals surface area contributed by atoms with Crippen LogP contribution in [-0.4, -0.2) is 21.7 Å². The fourth-order valence-corrected chi connectivity index (χ4v) is 2.21. The molecule has 0 saturated carbocycles. The van der Waals surface area contributed by atoms with Crippen LogP contribution in [0.1, 0.15) is 22.8 Å². The van der Waals surface area contributed by atoms with Crippen LogP contribution in [0.15, 0.2) is 28.7 Å². The monoisotopic (exact) mass is 294 g/mol. The zero-order valence-corrected chi connectivity index (χ0v) is 11.3. The third-order valence-electron chi connectivity index (χ3n) is 2.70. The molecule has 2 N–H and O–H groups in total. The maximum absolute atomic E-state index is 8.89. The molecule has 0 fully saturated rings. The van der Waals surface area contributed by atoms with Crippen molar-refractivity contribution in [3.8, 4) is 0 Å². The Kier molecular flexibility index (Phi) is 3.97. The van der Waals surface area contributed by atoms with Crippen LogP contribution >= 0.6 is 15.9 Å². The number of benzene rings is 1. The molecule has 90 valence electrons. The maximum Gasteiger partial charge on any atom is 0.108 e. The van der Waals surface area contributed by atoms with Crippen molar-refractivity contribution in [2.24, 2.45) is 0 Å². The van der Waals surface area contributed by atoms with E-state index in [4.69, 9.17) is 5.11 Å². The number of hydrogen-bond donors (Lipinski definition) is 2. The highest BCUT2D eigenvalue weighted by atomic mass is 79.9. The third-order valence-corrected chi connectivity index (χ3v) is 3.47. The van der Waals surface area contributed by atoms with Gasteiger partial charge in [0.2, 0.25) is 0 Å². The molecule has 0 saturated heterocycles. The van der Waals surface area contributed by atoms with Gasteiger partial charge in [-0.3, -0.25) is 0 Å². The highest BCUT2D eigenvalue weighted by Crippen LogP contribution is 2.20. The summed E-state index contributed by atoms with van der Waals surface area (Å²) in [6.45, 7) is 2.14. The number of nitrogens with zero attached hydrogens (tertiary/aromatic N) is 1. The molecule has 1 aromatic heterocycles. The van der Waals surface area contributed by atoms with E-state index < -0.39 is 0 Å². The van der Waals surface area contributed by atoms with Crippen molar-refractivity contribution in [3.63, 3.8) is 0 Å². The normalized spacial score (nSPS) is 10.8. The van der Waals surface area contributed by atoms with Crippen LogP contribution in [-0.2, 0) is 12.8 Å². The summed E-state index contributed by atoms with van der Waals surface area (Å²) in [5, 5.41) is 8.89. The van der Waals surface area contributed by atoms with Gasteiger partial charge in [0, 0.05) is 23.0 Å². The van der Waals surface area contributed by atoms with E-state index >= 15 is 0 Å². The summed E-state index contributed by atoms with van der Waals surface area (Å²) in [5.41, 5.74) is 3.34. The first-order chi connectivity index (χ1) is 8.20. The smallest absolute Gasteiger partial charge is 0.108 e. The number of aliphatic hydroxyl groups excluding tert-OH is 1. The minimum absolute atomic E-state index is 0.126. The molecule has 0 spiro atoms. The Bertz CT molecular complexity index is 508. The number of imidazole rings is 1. The quantitative estimate of drug-likeness (QED) is 0.911. The Hall–Kier alpha value is -1.13. The van der Waals surface area contributed by atoms with Gasteiger partial charge in [-0.2, -0.15) is 0 Å². The van der Waals surface area contributed by atoms with Crippen molar-refractivity contribution in [2.75, 3.05) is 6.61 Å².